The van der Waals surface area contributed by atoms with Gasteiger partial charge >= 0.3 is 6.18 Å². The topological polar surface area (TPSA) is 31.4 Å². The number of nitrogens with zero attached hydrogens (tertiary/aromatic N) is 3. The van der Waals surface area contributed by atoms with Gasteiger partial charge in [0.15, 0.2) is 0 Å². The van der Waals surface area contributed by atoms with Crippen LogP contribution in [-0.2, 0) is 6.54 Å². The highest BCUT2D eigenvalue weighted by atomic mass is 35.5. The molecule has 0 atom stereocenters. The fourth-order valence-corrected chi connectivity index (χ4v) is 2.50. The monoisotopic (exact) mass is 322 g/mol. The summed E-state index contributed by atoms with van der Waals surface area (Å²) < 4.78 is 37.1. The fraction of sp³-hybridized carbons (Fsp3) is 0.615. The van der Waals surface area contributed by atoms with Crippen molar-refractivity contribution in [3.05, 3.63) is 22.8 Å². The van der Waals surface area contributed by atoms with E-state index < -0.39 is 12.7 Å². The van der Waals surface area contributed by atoms with Gasteiger partial charge in [-0.1, -0.05) is 11.6 Å². The van der Waals surface area contributed by atoms with Crippen LogP contribution >= 0.6 is 11.6 Å². The molecule has 2 heterocycles. The Morgan fingerprint density at radius 2 is 1.90 bits per heavy atom. The lowest BCUT2D eigenvalue weighted by atomic mass is 10.2. The molecule has 2 rings (SSSR count). The van der Waals surface area contributed by atoms with E-state index in [1.165, 1.54) is 4.90 Å². The molecule has 0 radical (unpaired) electrons. The van der Waals surface area contributed by atoms with Crippen molar-refractivity contribution in [3.63, 3.8) is 0 Å². The molecule has 118 valence electrons. The minimum Gasteiger partial charge on any atom is -0.354 e. The summed E-state index contributed by atoms with van der Waals surface area (Å²) >= 11 is 6.06. The Balaban J connectivity index is 1.97. The molecule has 0 unspecified atom stereocenters. The third-order valence-electron chi connectivity index (χ3n) is 3.35. The van der Waals surface area contributed by atoms with Gasteiger partial charge in [-0.3, -0.25) is 4.90 Å². The molecule has 0 spiro atoms. The molecular weight excluding hydrogens is 305 g/mol. The number of anilines is 1. The average Bonchev–Trinajstić information content (AvgIpc) is 2.41. The Kier molecular flexibility index (Phi) is 5.29. The van der Waals surface area contributed by atoms with E-state index in [1.807, 2.05) is 4.90 Å². The molecule has 0 saturated carbocycles. The van der Waals surface area contributed by atoms with Crippen molar-refractivity contribution in [3.8, 4) is 0 Å². The second-order valence-electron chi connectivity index (χ2n) is 5.01. The molecular formula is C13H18ClF3N4. The lowest BCUT2D eigenvalue weighted by molar-refractivity contribution is -0.146. The minimum absolute atomic E-state index is 0.380. The number of hydrogen-bond acceptors (Lipinski definition) is 4. The van der Waals surface area contributed by atoms with E-state index in [0.29, 0.717) is 37.7 Å². The summed E-state index contributed by atoms with van der Waals surface area (Å²) in [6.45, 7) is 1.53. The van der Waals surface area contributed by atoms with Gasteiger partial charge in [-0.25, -0.2) is 4.98 Å². The predicted molar refractivity (Wildman–Crippen MR) is 76.7 cm³/mol. The van der Waals surface area contributed by atoms with Gasteiger partial charge in [0, 0.05) is 32.7 Å². The summed E-state index contributed by atoms with van der Waals surface area (Å²) in [6, 6.07) is 3.58. The molecule has 1 fully saturated rings. The van der Waals surface area contributed by atoms with Gasteiger partial charge in [-0.05, 0) is 19.2 Å². The number of pyridine rings is 1. The van der Waals surface area contributed by atoms with E-state index in [4.69, 9.17) is 11.6 Å². The van der Waals surface area contributed by atoms with Crippen molar-refractivity contribution in [1.82, 2.24) is 15.2 Å². The van der Waals surface area contributed by atoms with Crippen LogP contribution in [0.15, 0.2) is 12.1 Å². The molecule has 1 aromatic rings. The maximum absolute atomic E-state index is 12.4. The number of nitrogens with one attached hydrogen (secondary N) is 1. The molecule has 4 nitrogen and oxygen atoms in total. The lowest BCUT2D eigenvalue weighted by Gasteiger charge is -2.35. The summed E-state index contributed by atoms with van der Waals surface area (Å²) in [5.74, 6) is 0.760. The van der Waals surface area contributed by atoms with Gasteiger partial charge in [0.1, 0.15) is 5.82 Å². The van der Waals surface area contributed by atoms with Crippen LogP contribution in [0.1, 0.15) is 5.69 Å². The summed E-state index contributed by atoms with van der Waals surface area (Å²) in [5.41, 5.74) is 0.745. The highest BCUT2D eigenvalue weighted by Crippen LogP contribution is 2.22. The molecule has 0 bridgehead atoms. The Morgan fingerprint density at radius 1 is 1.24 bits per heavy atom. The predicted octanol–water partition coefficient (Wildman–Crippen LogP) is 2.14. The zero-order chi connectivity index (χ0) is 15.5. The van der Waals surface area contributed by atoms with Crippen LogP contribution in [0.5, 0.6) is 0 Å². The van der Waals surface area contributed by atoms with Crippen molar-refractivity contribution in [2.75, 3.05) is 44.7 Å². The molecule has 21 heavy (non-hydrogen) atoms. The summed E-state index contributed by atoms with van der Waals surface area (Å²) in [6.07, 6.45) is -4.14. The van der Waals surface area contributed by atoms with Crippen LogP contribution in [-0.4, -0.2) is 55.8 Å². The number of halogens is 4. The van der Waals surface area contributed by atoms with Gasteiger partial charge in [-0.15, -0.1) is 0 Å². The lowest BCUT2D eigenvalue weighted by Crippen LogP contribution is -2.49. The third kappa shape index (κ3) is 4.72. The maximum atomic E-state index is 12.4. The zero-order valence-electron chi connectivity index (χ0n) is 11.8. The SMILES string of the molecule is CNCc1nc(N2CCN(CC(F)(F)F)CC2)ccc1Cl. The van der Waals surface area contributed by atoms with Crippen molar-refractivity contribution in [1.29, 1.82) is 0 Å². The molecule has 8 heteroatoms. The quantitative estimate of drug-likeness (QED) is 0.920. The first-order valence-electron chi connectivity index (χ1n) is 6.73. The summed E-state index contributed by atoms with van der Waals surface area (Å²) in [5, 5.41) is 3.58. The van der Waals surface area contributed by atoms with Gasteiger partial charge in [0.25, 0.3) is 0 Å². The second kappa shape index (κ2) is 6.81. The van der Waals surface area contributed by atoms with Crippen LogP contribution in [0.3, 0.4) is 0 Å². The van der Waals surface area contributed by atoms with Gasteiger partial charge < -0.3 is 10.2 Å². The summed E-state index contributed by atoms with van der Waals surface area (Å²) in [7, 11) is 1.81. The normalized spacial score (nSPS) is 17.3. The van der Waals surface area contributed by atoms with E-state index >= 15 is 0 Å². The molecule has 0 aliphatic carbocycles. The van der Waals surface area contributed by atoms with Crippen LogP contribution in [0.25, 0.3) is 0 Å². The van der Waals surface area contributed by atoms with Gasteiger partial charge in [0.2, 0.25) is 0 Å². The number of aromatic nitrogens is 1. The van der Waals surface area contributed by atoms with Gasteiger partial charge in [-0.2, -0.15) is 13.2 Å². The highest BCUT2D eigenvalue weighted by Gasteiger charge is 2.32. The van der Waals surface area contributed by atoms with Crippen LogP contribution < -0.4 is 10.2 Å². The number of hydrogen-bond donors (Lipinski definition) is 1. The Labute approximate surface area is 126 Å². The molecule has 1 aliphatic rings. The van der Waals surface area contributed by atoms with Crippen molar-refractivity contribution >= 4 is 17.4 Å². The molecule has 1 aromatic heterocycles. The zero-order valence-corrected chi connectivity index (χ0v) is 12.5. The summed E-state index contributed by atoms with van der Waals surface area (Å²) in [4.78, 5) is 7.88. The van der Waals surface area contributed by atoms with E-state index in [2.05, 4.69) is 10.3 Å². The van der Waals surface area contributed by atoms with E-state index in [0.717, 1.165) is 11.5 Å². The Hall–Kier alpha value is -1.05. The molecule has 0 amide bonds. The number of rotatable bonds is 4. The maximum Gasteiger partial charge on any atom is 0.401 e. The van der Waals surface area contributed by atoms with Crippen molar-refractivity contribution < 1.29 is 13.2 Å². The molecule has 1 N–H and O–H groups in total. The first-order chi connectivity index (χ1) is 9.89. The van der Waals surface area contributed by atoms with Crippen LogP contribution in [0, 0.1) is 0 Å². The number of alkyl halides is 3. The van der Waals surface area contributed by atoms with E-state index in [9.17, 15) is 13.2 Å². The highest BCUT2D eigenvalue weighted by molar-refractivity contribution is 6.31. The fourth-order valence-electron chi connectivity index (χ4n) is 2.33. The minimum atomic E-state index is -4.14. The van der Waals surface area contributed by atoms with Gasteiger partial charge in [0.05, 0.1) is 17.3 Å². The Morgan fingerprint density at radius 3 is 2.48 bits per heavy atom. The van der Waals surface area contributed by atoms with Crippen LogP contribution in [0.4, 0.5) is 19.0 Å². The standard InChI is InChI=1S/C13H18ClF3N4/c1-18-8-11-10(14)2-3-12(19-11)21-6-4-20(5-7-21)9-13(15,16)17/h2-3,18H,4-9H2,1H3. The van der Waals surface area contributed by atoms with E-state index in [1.54, 1.807) is 19.2 Å². The Bertz CT molecular complexity index is 473. The smallest absolute Gasteiger partial charge is 0.354 e. The molecule has 0 aromatic carbocycles. The largest absolute Gasteiger partial charge is 0.401 e. The second-order valence-corrected chi connectivity index (χ2v) is 5.41. The van der Waals surface area contributed by atoms with Crippen molar-refractivity contribution in [2.24, 2.45) is 0 Å². The first kappa shape index (κ1) is 16.3. The third-order valence-corrected chi connectivity index (χ3v) is 3.69. The molecule has 1 saturated heterocycles. The van der Waals surface area contributed by atoms with Crippen molar-refractivity contribution in [2.45, 2.75) is 12.7 Å². The van der Waals surface area contributed by atoms with E-state index in [-0.39, 0.29) is 0 Å². The van der Waals surface area contributed by atoms with Crippen LogP contribution in [0.2, 0.25) is 5.02 Å². The number of piperazine rings is 1. The molecule has 1 aliphatic heterocycles. The average molecular weight is 323 g/mol. The first-order valence-corrected chi connectivity index (χ1v) is 7.11.